The number of hydrogen-bond donors (Lipinski definition) is 1. The van der Waals surface area contributed by atoms with Crippen molar-refractivity contribution in [2.75, 3.05) is 5.32 Å². The zero-order valence-corrected chi connectivity index (χ0v) is 13.5. The molecule has 10 heteroatoms. The van der Waals surface area contributed by atoms with Gasteiger partial charge in [0.25, 0.3) is 5.56 Å². The van der Waals surface area contributed by atoms with Gasteiger partial charge in [-0.15, -0.1) is 11.3 Å². The van der Waals surface area contributed by atoms with Crippen LogP contribution in [-0.4, -0.2) is 29.6 Å². The first-order valence-electron chi connectivity index (χ1n) is 6.71. The van der Waals surface area contributed by atoms with Gasteiger partial charge >= 0.3 is 5.69 Å². The van der Waals surface area contributed by atoms with Gasteiger partial charge in [0.2, 0.25) is 5.91 Å². The van der Waals surface area contributed by atoms with E-state index in [-0.39, 0.29) is 23.6 Å². The third-order valence-electron chi connectivity index (χ3n) is 3.40. The number of imidazole rings is 1. The molecule has 0 fully saturated rings. The molecular weight excluding hydrogens is 320 g/mol. The zero-order valence-electron chi connectivity index (χ0n) is 12.7. The average molecular weight is 334 g/mol. The predicted octanol–water partition coefficient (Wildman–Crippen LogP) is -0.163. The number of carbonyl (C=O) groups excluding carboxylic acids is 1. The van der Waals surface area contributed by atoms with Crippen LogP contribution in [-0.2, 0) is 25.4 Å². The van der Waals surface area contributed by atoms with E-state index in [1.54, 1.807) is 0 Å². The maximum Gasteiger partial charge on any atom is 0.332 e. The summed E-state index contributed by atoms with van der Waals surface area (Å²) in [7, 11) is 2.92. The highest BCUT2D eigenvalue weighted by Gasteiger charge is 2.16. The smallest absolute Gasteiger partial charge is 0.315 e. The summed E-state index contributed by atoms with van der Waals surface area (Å²) in [4.78, 5) is 44.5. The molecule has 120 valence electrons. The molecule has 0 aromatic carbocycles. The lowest BCUT2D eigenvalue weighted by atomic mass is 10.4. The lowest BCUT2D eigenvalue weighted by Gasteiger charge is -2.06. The molecule has 0 aliphatic carbocycles. The highest BCUT2D eigenvalue weighted by molar-refractivity contribution is 7.13. The molecule has 0 radical (unpaired) electrons. The topological polar surface area (TPSA) is 104 Å². The van der Waals surface area contributed by atoms with E-state index in [1.807, 2.05) is 12.3 Å². The number of aromatic nitrogens is 5. The minimum Gasteiger partial charge on any atom is -0.315 e. The summed E-state index contributed by atoms with van der Waals surface area (Å²) in [6.07, 6.45) is 1.37. The van der Waals surface area contributed by atoms with Gasteiger partial charge in [0.05, 0.1) is 12.0 Å². The van der Waals surface area contributed by atoms with Crippen LogP contribution in [0.25, 0.3) is 11.2 Å². The Bertz CT molecular complexity index is 1020. The normalized spacial score (nSPS) is 11.1. The van der Waals surface area contributed by atoms with Crippen LogP contribution in [0.3, 0.4) is 0 Å². The van der Waals surface area contributed by atoms with E-state index < -0.39 is 11.2 Å². The largest absolute Gasteiger partial charge is 0.332 e. The second-order valence-electron chi connectivity index (χ2n) is 5.09. The lowest BCUT2D eigenvalue weighted by molar-refractivity contribution is -0.116. The lowest BCUT2D eigenvalue weighted by Crippen LogP contribution is -2.37. The van der Waals surface area contributed by atoms with E-state index >= 15 is 0 Å². The van der Waals surface area contributed by atoms with Gasteiger partial charge in [0.15, 0.2) is 16.3 Å². The molecule has 0 saturated carbocycles. The number of rotatable bonds is 3. The number of fused-ring (bicyclic) bond motifs is 1. The minimum atomic E-state index is -0.488. The molecule has 0 spiro atoms. The van der Waals surface area contributed by atoms with E-state index in [0.717, 1.165) is 10.3 Å². The van der Waals surface area contributed by atoms with Crippen LogP contribution in [0.4, 0.5) is 5.13 Å². The summed E-state index contributed by atoms with van der Waals surface area (Å²) in [5, 5.41) is 4.99. The Hall–Kier alpha value is -2.75. The van der Waals surface area contributed by atoms with Crippen LogP contribution < -0.4 is 16.6 Å². The van der Waals surface area contributed by atoms with Crippen LogP contribution in [0, 0.1) is 6.92 Å². The maximum absolute atomic E-state index is 12.3. The van der Waals surface area contributed by atoms with Gasteiger partial charge in [-0.1, -0.05) is 0 Å². The molecule has 23 heavy (non-hydrogen) atoms. The molecule has 0 saturated heterocycles. The third-order valence-corrected chi connectivity index (χ3v) is 4.27. The molecule has 3 rings (SSSR count). The Morgan fingerprint density at radius 3 is 2.70 bits per heavy atom. The van der Waals surface area contributed by atoms with Gasteiger partial charge in [0.1, 0.15) is 6.54 Å². The highest BCUT2D eigenvalue weighted by Crippen LogP contribution is 2.14. The summed E-state index contributed by atoms with van der Waals surface area (Å²) in [5.74, 6) is -0.324. The Labute approximate surface area is 133 Å². The van der Waals surface area contributed by atoms with E-state index in [2.05, 4.69) is 15.3 Å². The summed E-state index contributed by atoms with van der Waals surface area (Å²) in [5.41, 5.74) is 0.326. The Balaban J connectivity index is 1.96. The monoisotopic (exact) mass is 334 g/mol. The number of amides is 1. The van der Waals surface area contributed by atoms with Crippen molar-refractivity contribution < 1.29 is 4.79 Å². The van der Waals surface area contributed by atoms with Crippen molar-refractivity contribution in [2.24, 2.45) is 14.1 Å². The van der Waals surface area contributed by atoms with Gasteiger partial charge in [-0.25, -0.2) is 14.8 Å². The number of nitrogens with zero attached hydrogens (tertiary/aromatic N) is 5. The van der Waals surface area contributed by atoms with E-state index in [1.165, 1.54) is 40.9 Å². The molecule has 9 nitrogen and oxygen atoms in total. The quantitative estimate of drug-likeness (QED) is 0.716. The number of thiazole rings is 1. The minimum absolute atomic E-state index is 0.0947. The van der Waals surface area contributed by atoms with Gasteiger partial charge in [0, 0.05) is 19.5 Å². The van der Waals surface area contributed by atoms with Crippen molar-refractivity contribution in [3.05, 3.63) is 38.2 Å². The number of anilines is 1. The summed E-state index contributed by atoms with van der Waals surface area (Å²) >= 11 is 1.32. The van der Waals surface area contributed by atoms with E-state index in [0.29, 0.717) is 5.13 Å². The first-order chi connectivity index (χ1) is 10.9. The van der Waals surface area contributed by atoms with Crippen molar-refractivity contribution in [3.63, 3.8) is 0 Å². The fraction of sp³-hybridized carbons (Fsp3) is 0.308. The molecule has 3 heterocycles. The molecule has 0 aliphatic rings. The number of aryl methyl sites for hydroxylation is 2. The second-order valence-corrected chi connectivity index (χ2v) is 5.95. The van der Waals surface area contributed by atoms with E-state index in [4.69, 9.17) is 0 Å². The van der Waals surface area contributed by atoms with Crippen molar-refractivity contribution >= 4 is 33.5 Å². The van der Waals surface area contributed by atoms with Gasteiger partial charge in [-0.2, -0.15) is 0 Å². The fourth-order valence-corrected chi connectivity index (χ4v) is 2.95. The summed E-state index contributed by atoms with van der Waals surface area (Å²) in [6, 6.07) is 0. The van der Waals surface area contributed by atoms with Crippen molar-refractivity contribution in [1.82, 2.24) is 23.7 Å². The zero-order chi connectivity index (χ0) is 16.7. The Kier molecular flexibility index (Phi) is 3.60. The van der Waals surface area contributed by atoms with Crippen LogP contribution in [0.2, 0.25) is 0 Å². The summed E-state index contributed by atoms with van der Waals surface area (Å²) in [6.45, 7) is 1.74. The number of carbonyl (C=O) groups is 1. The van der Waals surface area contributed by atoms with Crippen molar-refractivity contribution in [2.45, 2.75) is 13.5 Å². The van der Waals surface area contributed by atoms with Crippen molar-refractivity contribution in [3.8, 4) is 0 Å². The third kappa shape index (κ3) is 2.57. The van der Waals surface area contributed by atoms with Crippen LogP contribution in [0.1, 0.15) is 5.69 Å². The van der Waals surface area contributed by atoms with Crippen LogP contribution >= 0.6 is 11.3 Å². The number of nitrogens with one attached hydrogen (secondary N) is 1. The van der Waals surface area contributed by atoms with Crippen molar-refractivity contribution in [1.29, 1.82) is 0 Å². The molecule has 0 bridgehead atoms. The molecule has 0 unspecified atom stereocenters. The van der Waals surface area contributed by atoms with Crippen LogP contribution in [0.15, 0.2) is 21.3 Å². The first-order valence-corrected chi connectivity index (χ1v) is 7.59. The predicted molar refractivity (Wildman–Crippen MR) is 85.7 cm³/mol. The maximum atomic E-state index is 12.3. The van der Waals surface area contributed by atoms with Crippen LogP contribution in [0.5, 0.6) is 0 Å². The molecule has 0 aliphatic heterocycles. The molecule has 1 amide bonds. The average Bonchev–Trinajstić information content (AvgIpc) is 3.09. The van der Waals surface area contributed by atoms with Gasteiger partial charge in [-0.05, 0) is 6.92 Å². The first kappa shape index (κ1) is 15.2. The molecule has 3 aromatic rings. The Morgan fingerprint density at radius 2 is 2.04 bits per heavy atom. The fourth-order valence-electron chi connectivity index (χ4n) is 2.24. The van der Waals surface area contributed by atoms with Gasteiger partial charge < -0.3 is 9.88 Å². The summed E-state index contributed by atoms with van der Waals surface area (Å²) < 4.78 is 3.69. The van der Waals surface area contributed by atoms with Gasteiger partial charge in [-0.3, -0.25) is 18.7 Å². The number of hydrogen-bond acceptors (Lipinski definition) is 6. The standard InChI is InChI=1S/C13H14N6O3S/c1-7-5-23-12(15-7)16-8(20)4-19-6-14-10-9(19)11(21)18(3)13(22)17(10)2/h5-6H,4H2,1-3H3,(H,15,16,20). The molecule has 3 aromatic heterocycles. The molecule has 1 N–H and O–H groups in total. The molecular formula is C13H14N6O3S. The van der Waals surface area contributed by atoms with E-state index in [9.17, 15) is 14.4 Å². The molecule has 0 atom stereocenters. The highest BCUT2D eigenvalue weighted by atomic mass is 32.1. The second kappa shape index (κ2) is 5.47. The SMILES string of the molecule is Cc1csc(NC(=O)Cn2cnc3c2c(=O)n(C)c(=O)n3C)n1. The Morgan fingerprint density at radius 1 is 1.30 bits per heavy atom.